The smallest absolute Gasteiger partial charge is 0.264 e. The van der Waals surface area contributed by atoms with Gasteiger partial charge in [-0.25, -0.2) is 0 Å². The highest BCUT2D eigenvalue weighted by molar-refractivity contribution is 6.12. The molecule has 5 aromatic rings. The lowest BCUT2D eigenvalue weighted by Gasteiger charge is -2.39. The van der Waals surface area contributed by atoms with Gasteiger partial charge in [0, 0.05) is 67.1 Å². The first-order chi connectivity index (χ1) is 26.5. The Hall–Kier alpha value is -5.29. The minimum absolute atomic E-state index is 0. The first kappa shape index (κ1) is 36.7. The maximum absolute atomic E-state index is 15.2. The highest BCUT2D eigenvalue weighted by Crippen LogP contribution is 2.43. The topological polar surface area (TPSA) is 96.7 Å². The second-order valence-electron chi connectivity index (χ2n) is 14.5. The lowest BCUT2D eigenvalue weighted by Crippen LogP contribution is -2.47. The van der Waals surface area contributed by atoms with Gasteiger partial charge >= 0.3 is 0 Å². The van der Waals surface area contributed by atoms with E-state index in [-0.39, 0.29) is 42.8 Å². The second kappa shape index (κ2) is 15.8. The third-order valence-corrected chi connectivity index (χ3v) is 11.3. The quantitative estimate of drug-likeness (QED) is 0.174. The number of anilines is 2. The molecular formula is C44H45ClN4O6. The molecule has 10 nitrogen and oxygen atoms in total. The molecule has 1 fully saturated rings. The van der Waals surface area contributed by atoms with Crippen molar-refractivity contribution in [3.8, 4) is 28.5 Å². The number of hydrogen-bond donors (Lipinski definition) is 1. The molecule has 0 spiro atoms. The normalized spacial score (nSPS) is 17.5. The number of phenolic OH excluding ortho intramolecular Hbond substituents is 1. The lowest BCUT2D eigenvalue weighted by molar-refractivity contribution is 0.0308. The molecule has 284 valence electrons. The van der Waals surface area contributed by atoms with Gasteiger partial charge in [0.25, 0.3) is 11.8 Å². The molecule has 0 unspecified atom stereocenters. The summed E-state index contributed by atoms with van der Waals surface area (Å²) in [6.07, 6.45) is 4.30. The van der Waals surface area contributed by atoms with Gasteiger partial charge in [0.05, 0.1) is 24.3 Å². The number of phenols is 1. The van der Waals surface area contributed by atoms with E-state index >= 15 is 4.79 Å². The lowest BCUT2D eigenvalue weighted by atomic mass is 9.90. The molecule has 4 aromatic carbocycles. The molecule has 1 N–H and O–H groups in total. The molecule has 1 aromatic heterocycles. The predicted octanol–water partition coefficient (Wildman–Crippen LogP) is 7.62. The van der Waals surface area contributed by atoms with Crippen LogP contribution in [0.25, 0.3) is 11.3 Å². The van der Waals surface area contributed by atoms with E-state index in [2.05, 4.69) is 32.6 Å². The van der Waals surface area contributed by atoms with Gasteiger partial charge in [-0.1, -0.05) is 42.5 Å². The second-order valence-corrected chi connectivity index (χ2v) is 14.5. The number of aromatic hydroxyl groups is 1. The monoisotopic (exact) mass is 760 g/mol. The average molecular weight is 761 g/mol. The van der Waals surface area contributed by atoms with E-state index in [9.17, 15) is 9.90 Å². The van der Waals surface area contributed by atoms with Crippen molar-refractivity contribution in [2.75, 3.05) is 44.5 Å². The van der Waals surface area contributed by atoms with Crippen LogP contribution < -0.4 is 14.4 Å². The van der Waals surface area contributed by atoms with Crippen molar-refractivity contribution in [3.05, 3.63) is 125 Å². The van der Waals surface area contributed by atoms with Gasteiger partial charge < -0.3 is 28.8 Å². The zero-order valence-electron chi connectivity index (χ0n) is 30.7. The Morgan fingerprint density at radius 1 is 0.782 bits per heavy atom. The van der Waals surface area contributed by atoms with Crippen molar-refractivity contribution >= 4 is 35.6 Å². The number of halogens is 1. The Kier molecular flexibility index (Phi) is 10.6. The summed E-state index contributed by atoms with van der Waals surface area (Å²) in [4.78, 5) is 36.2. The number of hydrogen-bond acceptors (Lipinski definition) is 7. The van der Waals surface area contributed by atoms with Crippen LogP contribution in [0.2, 0.25) is 0 Å². The summed E-state index contributed by atoms with van der Waals surface area (Å²) in [6, 6.07) is 30.5. The van der Waals surface area contributed by atoms with Crippen molar-refractivity contribution in [1.82, 2.24) is 14.4 Å². The Balaban J connectivity index is 0.00000427. The molecule has 0 bridgehead atoms. The molecule has 0 aliphatic carbocycles. The van der Waals surface area contributed by atoms with E-state index in [1.165, 1.54) is 11.1 Å². The fraction of sp³-hybridized carbons (Fsp3) is 0.318. The average Bonchev–Trinajstić information content (AvgIpc) is 3.85. The highest BCUT2D eigenvalue weighted by Gasteiger charge is 2.35. The molecule has 2 amide bonds. The van der Waals surface area contributed by atoms with E-state index in [0.29, 0.717) is 34.9 Å². The van der Waals surface area contributed by atoms with Crippen LogP contribution in [-0.4, -0.2) is 77.0 Å². The van der Waals surface area contributed by atoms with E-state index < -0.39 is 0 Å². The number of para-hydroxylation sites is 1. The molecular weight excluding hydrogens is 716 g/mol. The van der Waals surface area contributed by atoms with Gasteiger partial charge in [0.15, 0.2) is 11.5 Å². The van der Waals surface area contributed by atoms with Crippen molar-refractivity contribution in [2.45, 2.75) is 51.2 Å². The molecule has 5 heterocycles. The van der Waals surface area contributed by atoms with Crippen molar-refractivity contribution in [2.24, 2.45) is 0 Å². The summed E-state index contributed by atoms with van der Waals surface area (Å²) in [5, 5.41) is 10.1. The fourth-order valence-corrected chi connectivity index (χ4v) is 8.49. The number of benzene rings is 4. The Bertz CT molecular complexity index is 2180. The zero-order chi connectivity index (χ0) is 36.6. The van der Waals surface area contributed by atoms with Crippen LogP contribution in [0.4, 0.5) is 11.4 Å². The van der Waals surface area contributed by atoms with Crippen molar-refractivity contribution in [3.63, 3.8) is 0 Å². The zero-order valence-corrected chi connectivity index (χ0v) is 31.5. The number of nitrogens with zero attached hydrogens (tertiary/aromatic N) is 4. The standard InChI is InChI=1S/C44H44N4O6.ClH/c49-35-15-13-33(14-16-35)48(32-10-2-1-3-11-32)44(51)38-25-40(46-18-7-6-12-39(38)46)36-26-41-42(54-29-53-41)27-37(36)43(50)47-28-31-9-5-4-8-30(31)24-34(47)17-19-45-20-22-52-23-21-45;/h1-5,8-11,13-16,25-27,34,49H,6-7,12,17-24,28-29H2;1H/t34-;/m1./s1. The van der Waals surface area contributed by atoms with E-state index in [1.54, 1.807) is 29.2 Å². The maximum atomic E-state index is 15.2. The largest absolute Gasteiger partial charge is 0.508 e. The third kappa shape index (κ3) is 7.17. The van der Waals surface area contributed by atoms with Gasteiger partial charge in [-0.2, -0.15) is 0 Å². The summed E-state index contributed by atoms with van der Waals surface area (Å²) in [5.41, 5.74) is 7.45. The molecule has 11 heteroatoms. The number of aromatic nitrogens is 1. The van der Waals surface area contributed by atoms with Gasteiger partial charge in [-0.05, 0) is 97.8 Å². The summed E-state index contributed by atoms with van der Waals surface area (Å²) in [5.74, 6) is 1.04. The molecule has 0 radical (unpaired) electrons. The maximum Gasteiger partial charge on any atom is 0.264 e. The van der Waals surface area contributed by atoms with Crippen LogP contribution in [0.1, 0.15) is 56.8 Å². The van der Waals surface area contributed by atoms with Crippen LogP contribution in [0.15, 0.2) is 97.1 Å². The molecule has 9 rings (SSSR count). The molecule has 1 saturated heterocycles. The highest BCUT2D eigenvalue weighted by atomic mass is 35.5. The van der Waals surface area contributed by atoms with Crippen LogP contribution in [0, 0.1) is 0 Å². The number of carbonyl (C=O) groups excluding carboxylic acids is 2. The van der Waals surface area contributed by atoms with E-state index in [0.717, 1.165) is 94.1 Å². The molecule has 4 aliphatic heterocycles. The number of ether oxygens (including phenoxy) is 3. The first-order valence-electron chi connectivity index (χ1n) is 19.0. The summed E-state index contributed by atoms with van der Waals surface area (Å²) < 4.78 is 19.6. The number of carbonyl (C=O) groups is 2. The SMILES string of the molecule is Cl.O=C(c1cc(-c2cc3c(cc2C(=O)N2Cc4ccccc4C[C@H]2CCN2CCOCC2)OCO3)n2c1CCCC2)N(c1ccccc1)c1ccc(O)cc1. The minimum Gasteiger partial charge on any atom is -0.508 e. The van der Waals surface area contributed by atoms with Gasteiger partial charge in [-0.3, -0.25) is 19.4 Å². The van der Waals surface area contributed by atoms with Crippen LogP contribution in [-0.2, 0) is 30.7 Å². The number of fused-ring (bicyclic) bond motifs is 3. The van der Waals surface area contributed by atoms with Crippen molar-refractivity contribution in [1.29, 1.82) is 0 Å². The molecule has 1 atom stereocenters. The molecule has 0 saturated carbocycles. The number of rotatable bonds is 8. The van der Waals surface area contributed by atoms with Gasteiger partial charge in [-0.15, -0.1) is 12.4 Å². The number of morpholine rings is 1. The van der Waals surface area contributed by atoms with Crippen molar-refractivity contribution < 1.29 is 28.9 Å². The van der Waals surface area contributed by atoms with Crippen LogP contribution >= 0.6 is 12.4 Å². The Labute approximate surface area is 327 Å². The van der Waals surface area contributed by atoms with Gasteiger partial charge in [0.1, 0.15) is 5.75 Å². The third-order valence-electron chi connectivity index (χ3n) is 11.3. The molecule has 55 heavy (non-hydrogen) atoms. The molecule has 4 aliphatic rings. The summed E-state index contributed by atoms with van der Waals surface area (Å²) in [6.45, 7) is 5.50. The van der Waals surface area contributed by atoms with E-state index in [4.69, 9.17) is 14.2 Å². The van der Waals surface area contributed by atoms with Gasteiger partial charge in [0.2, 0.25) is 6.79 Å². The van der Waals surface area contributed by atoms with E-state index in [1.807, 2.05) is 54.6 Å². The minimum atomic E-state index is -0.173. The Morgan fingerprint density at radius 3 is 2.27 bits per heavy atom. The predicted molar refractivity (Wildman–Crippen MR) is 213 cm³/mol. The summed E-state index contributed by atoms with van der Waals surface area (Å²) >= 11 is 0. The van der Waals surface area contributed by atoms with Crippen LogP contribution in [0.5, 0.6) is 17.2 Å². The summed E-state index contributed by atoms with van der Waals surface area (Å²) in [7, 11) is 0. The first-order valence-corrected chi connectivity index (χ1v) is 19.0. The van der Waals surface area contributed by atoms with Crippen LogP contribution in [0.3, 0.4) is 0 Å². The number of amides is 2. The fourth-order valence-electron chi connectivity index (χ4n) is 8.49. The Morgan fingerprint density at radius 2 is 1.49 bits per heavy atom.